The topological polar surface area (TPSA) is 91.3 Å². The highest BCUT2D eigenvalue weighted by molar-refractivity contribution is 9.10. The second-order valence-corrected chi connectivity index (χ2v) is 9.90. The Labute approximate surface area is 196 Å². The van der Waals surface area contributed by atoms with Gasteiger partial charge in [0, 0.05) is 42.4 Å². The number of carbonyl (C=O) groups is 1. The molecule has 1 fully saturated rings. The molecule has 1 aliphatic rings. The van der Waals surface area contributed by atoms with Crippen LogP contribution in [0.4, 0.5) is 0 Å². The van der Waals surface area contributed by atoms with E-state index in [0.29, 0.717) is 26.2 Å². The van der Waals surface area contributed by atoms with Crippen molar-refractivity contribution in [1.29, 1.82) is 0 Å². The van der Waals surface area contributed by atoms with Crippen molar-refractivity contribution in [3.8, 4) is 5.75 Å². The van der Waals surface area contributed by atoms with E-state index in [1.54, 1.807) is 37.5 Å². The third kappa shape index (κ3) is 6.49. The zero-order chi connectivity index (χ0) is 23.0. The van der Waals surface area contributed by atoms with Gasteiger partial charge in [-0.2, -0.15) is 9.41 Å². The number of methoxy groups -OCH3 is 1. The molecule has 0 radical (unpaired) electrons. The molecule has 0 aliphatic carbocycles. The number of halogens is 1. The monoisotopic (exact) mass is 520 g/mol. The van der Waals surface area contributed by atoms with Crippen LogP contribution in [0.25, 0.3) is 6.08 Å². The summed E-state index contributed by atoms with van der Waals surface area (Å²) in [6.45, 7) is 1.76. The fourth-order valence-electron chi connectivity index (χ4n) is 3.23. The lowest BCUT2D eigenvalue weighted by Gasteiger charge is -2.33. The van der Waals surface area contributed by atoms with E-state index in [1.165, 1.54) is 10.5 Å². The number of para-hydroxylation sites is 1. The first-order valence-corrected chi connectivity index (χ1v) is 12.2. The van der Waals surface area contributed by atoms with Gasteiger partial charge in [0.25, 0.3) is 5.91 Å². The van der Waals surface area contributed by atoms with Crippen molar-refractivity contribution in [3.05, 3.63) is 64.6 Å². The molecule has 32 heavy (non-hydrogen) atoms. The van der Waals surface area contributed by atoms with Crippen LogP contribution in [0, 0.1) is 0 Å². The fourth-order valence-corrected chi connectivity index (χ4v) is 4.91. The summed E-state index contributed by atoms with van der Waals surface area (Å²) in [5.41, 5.74) is 3.39. The first-order chi connectivity index (χ1) is 15.4. The number of sulfonamides is 1. The van der Waals surface area contributed by atoms with Gasteiger partial charge in [0.2, 0.25) is 10.0 Å². The van der Waals surface area contributed by atoms with Gasteiger partial charge in [0.05, 0.1) is 18.6 Å². The van der Waals surface area contributed by atoms with Crippen LogP contribution in [0.3, 0.4) is 0 Å². The normalized spacial score (nSPS) is 15.9. The van der Waals surface area contributed by atoms with Crippen molar-refractivity contribution >= 4 is 44.2 Å². The summed E-state index contributed by atoms with van der Waals surface area (Å²) in [5, 5.41) is 3.92. The van der Waals surface area contributed by atoms with Gasteiger partial charge >= 0.3 is 0 Å². The fraction of sp³-hybridized carbons (Fsp3) is 0.273. The molecule has 1 aliphatic heterocycles. The second kappa shape index (κ2) is 11.4. The number of ether oxygens (including phenoxy) is 1. The van der Waals surface area contributed by atoms with E-state index in [9.17, 15) is 13.2 Å². The number of allylic oxidation sites excluding steroid dienone is 1. The first kappa shape index (κ1) is 24.1. The molecule has 3 rings (SSSR count). The van der Waals surface area contributed by atoms with Gasteiger partial charge in [-0.25, -0.2) is 13.8 Å². The van der Waals surface area contributed by atoms with E-state index in [1.807, 2.05) is 35.2 Å². The summed E-state index contributed by atoms with van der Waals surface area (Å²) in [7, 11) is -1.93. The van der Waals surface area contributed by atoms with E-state index in [-0.39, 0.29) is 17.3 Å². The Balaban J connectivity index is 1.44. The third-order valence-electron chi connectivity index (χ3n) is 4.91. The molecule has 8 nitrogen and oxygen atoms in total. The van der Waals surface area contributed by atoms with Gasteiger partial charge in [0.1, 0.15) is 5.75 Å². The predicted molar refractivity (Wildman–Crippen MR) is 128 cm³/mol. The number of piperazine rings is 1. The Kier molecular flexibility index (Phi) is 8.57. The molecular formula is C22H25BrN4O4S. The van der Waals surface area contributed by atoms with E-state index in [4.69, 9.17) is 4.74 Å². The van der Waals surface area contributed by atoms with Crippen molar-refractivity contribution < 1.29 is 17.9 Å². The van der Waals surface area contributed by atoms with Crippen molar-refractivity contribution in [1.82, 2.24) is 14.6 Å². The number of benzene rings is 2. The van der Waals surface area contributed by atoms with Crippen LogP contribution in [-0.4, -0.2) is 69.6 Å². The van der Waals surface area contributed by atoms with Crippen LogP contribution < -0.4 is 10.2 Å². The molecule has 2 aromatic carbocycles. The zero-order valence-electron chi connectivity index (χ0n) is 17.6. The number of hydrogen-bond acceptors (Lipinski definition) is 6. The van der Waals surface area contributed by atoms with Gasteiger partial charge in [-0.05, 0) is 42.5 Å². The first-order valence-electron chi connectivity index (χ1n) is 10.00. The van der Waals surface area contributed by atoms with Crippen LogP contribution in [0.2, 0.25) is 0 Å². The molecule has 0 bridgehead atoms. The minimum Gasteiger partial charge on any atom is -0.496 e. The number of nitrogens with one attached hydrogen (secondary N) is 1. The lowest BCUT2D eigenvalue weighted by molar-refractivity contribution is -0.122. The molecule has 0 saturated carbocycles. The molecule has 0 atom stereocenters. The maximum Gasteiger partial charge on any atom is 0.254 e. The number of nitrogens with zero attached hydrogens (tertiary/aromatic N) is 3. The molecule has 10 heteroatoms. The van der Waals surface area contributed by atoms with Gasteiger partial charge in [-0.15, -0.1) is 0 Å². The zero-order valence-corrected chi connectivity index (χ0v) is 20.0. The number of amides is 1. The number of hydrogen-bond donors (Lipinski definition) is 1. The van der Waals surface area contributed by atoms with Gasteiger partial charge < -0.3 is 4.74 Å². The maximum atomic E-state index is 12.8. The smallest absolute Gasteiger partial charge is 0.254 e. The van der Waals surface area contributed by atoms with E-state index < -0.39 is 10.0 Å². The Morgan fingerprint density at radius 3 is 2.50 bits per heavy atom. The summed E-state index contributed by atoms with van der Waals surface area (Å²) in [4.78, 5) is 14.3. The lowest BCUT2D eigenvalue weighted by atomic mass is 10.2. The average molecular weight is 521 g/mol. The molecular weight excluding hydrogens is 496 g/mol. The molecule has 1 saturated heterocycles. The van der Waals surface area contributed by atoms with E-state index >= 15 is 0 Å². The number of rotatable bonds is 8. The van der Waals surface area contributed by atoms with Crippen molar-refractivity contribution in [2.45, 2.75) is 4.90 Å². The summed E-state index contributed by atoms with van der Waals surface area (Å²) in [6.07, 6.45) is 5.04. The van der Waals surface area contributed by atoms with Crippen LogP contribution in [0.1, 0.15) is 5.56 Å². The molecule has 170 valence electrons. The number of hydrazone groups is 1. The molecule has 0 aromatic heterocycles. The minimum atomic E-state index is -3.53. The molecule has 2 aromatic rings. The Morgan fingerprint density at radius 2 is 1.81 bits per heavy atom. The Morgan fingerprint density at radius 1 is 1.12 bits per heavy atom. The summed E-state index contributed by atoms with van der Waals surface area (Å²) in [5.74, 6) is 0.499. The second-order valence-electron chi connectivity index (χ2n) is 7.05. The molecule has 1 amide bonds. The van der Waals surface area contributed by atoms with E-state index in [0.717, 1.165) is 15.8 Å². The highest BCUT2D eigenvalue weighted by Crippen LogP contribution is 2.20. The highest BCUT2D eigenvalue weighted by atomic mass is 79.9. The average Bonchev–Trinajstić information content (AvgIpc) is 2.80. The van der Waals surface area contributed by atoms with Crippen LogP contribution >= 0.6 is 15.9 Å². The molecule has 1 heterocycles. The largest absolute Gasteiger partial charge is 0.496 e. The standard InChI is InChI=1S/C22H25BrN4O4S/c1-31-21-7-3-2-5-18(21)6-4-12-24-25-22(28)17-26-13-15-27(16-14-26)32(29,30)20-10-8-19(23)9-11-20/h2-12H,13-17H2,1H3,(H,25,28). The summed E-state index contributed by atoms with van der Waals surface area (Å²) >= 11 is 3.31. The SMILES string of the molecule is COc1ccccc1C=CC=NNC(=O)CN1CCN(S(=O)(=O)c2ccc(Br)cc2)CC1. The van der Waals surface area contributed by atoms with Gasteiger partial charge in [-0.3, -0.25) is 9.69 Å². The van der Waals surface area contributed by atoms with Crippen molar-refractivity contribution in [2.75, 3.05) is 39.8 Å². The minimum absolute atomic E-state index is 0.153. The van der Waals surface area contributed by atoms with Crippen molar-refractivity contribution in [2.24, 2.45) is 5.10 Å². The van der Waals surface area contributed by atoms with Crippen molar-refractivity contribution in [3.63, 3.8) is 0 Å². The molecule has 0 spiro atoms. The van der Waals surface area contributed by atoms with Crippen LogP contribution in [0.15, 0.2) is 69.1 Å². The Bertz CT molecular complexity index is 1080. The van der Waals surface area contributed by atoms with Gasteiger partial charge in [0.15, 0.2) is 0 Å². The van der Waals surface area contributed by atoms with E-state index in [2.05, 4.69) is 26.5 Å². The highest BCUT2D eigenvalue weighted by Gasteiger charge is 2.28. The predicted octanol–water partition coefficient (Wildman–Crippen LogP) is 2.58. The lowest BCUT2D eigenvalue weighted by Crippen LogP contribution is -2.50. The summed E-state index contributed by atoms with van der Waals surface area (Å²) < 4.78 is 33.0. The molecule has 0 unspecified atom stereocenters. The van der Waals surface area contributed by atoms with Crippen LogP contribution in [-0.2, 0) is 14.8 Å². The maximum absolute atomic E-state index is 12.8. The third-order valence-corrected chi connectivity index (χ3v) is 7.36. The Hall–Kier alpha value is -2.53. The van der Waals surface area contributed by atoms with Gasteiger partial charge in [-0.1, -0.05) is 34.1 Å². The molecule has 1 N–H and O–H groups in total. The van der Waals surface area contributed by atoms with Crippen LogP contribution in [0.5, 0.6) is 5.75 Å². The quantitative estimate of drug-likeness (QED) is 0.426. The summed E-state index contributed by atoms with van der Waals surface area (Å²) in [6, 6.07) is 14.2. The number of carbonyl (C=O) groups excluding carboxylic acids is 1.